The van der Waals surface area contributed by atoms with E-state index in [0.29, 0.717) is 19.5 Å². The number of rotatable bonds is 8. The number of nitrogens with one attached hydrogen (secondary N) is 1. The molecule has 2 aromatic carbocycles. The number of carbonyl (C=O) groups is 1. The molecule has 1 amide bonds. The number of nitrogens with two attached hydrogens (primary N) is 4. The molecule has 0 aliphatic heterocycles. The SMILES string of the molecule is NC(N)=NCc1ccc(CNC(=O)[C@H](Cc2ccc(O)cc2)N=C(N)N)cc1. The van der Waals surface area contributed by atoms with Gasteiger partial charge in [0.05, 0.1) is 6.54 Å². The number of aliphatic imine (C=N–C) groups is 2. The Morgan fingerprint density at radius 2 is 1.46 bits per heavy atom. The van der Waals surface area contributed by atoms with Crippen molar-refractivity contribution in [3.63, 3.8) is 0 Å². The third-order valence-electron chi connectivity index (χ3n) is 3.91. The number of nitrogens with zero attached hydrogens (tertiary/aromatic N) is 2. The molecule has 0 spiro atoms. The zero-order chi connectivity index (χ0) is 20.5. The fourth-order valence-corrected chi connectivity index (χ4v) is 2.48. The van der Waals surface area contributed by atoms with Crippen molar-refractivity contribution in [1.82, 2.24) is 5.32 Å². The van der Waals surface area contributed by atoms with E-state index < -0.39 is 6.04 Å². The molecule has 0 fully saturated rings. The van der Waals surface area contributed by atoms with Crippen LogP contribution < -0.4 is 28.3 Å². The molecule has 2 rings (SSSR count). The average Bonchev–Trinajstić information content (AvgIpc) is 2.66. The summed E-state index contributed by atoms with van der Waals surface area (Å²) in [7, 11) is 0. The van der Waals surface area contributed by atoms with Crippen LogP contribution >= 0.6 is 0 Å². The summed E-state index contributed by atoms with van der Waals surface area (Å²) in [5.74, 6) is -0.278. The van der Waals surface area contributed by atoms with Gasteiger partial charge in [0.1, 0.15) is 11.8 Å². The van der Waals surface area contributed by atoms with E-state index in [0.717, 1.165) is 16.7 Å². The van der Waals surface area contributed by atoms with Gasteiger partial charge in [0.2, 0.25) is 5.91 Å². The predicted molar refractivity (Wildman–Crippen MR) is 109 cm³/mol. The van der Waals surface area contributed by atoms with Crippen molar-refractivity contribution in [3.8, 4) is 5.75 Å². The lowest BCUT2D eigenvalue weighted by Gasteiger charge is -2.14. The molecule has 0 aliphatic carbocycles. The Hall–Kier alpha value is -3.75. The first-order valence-electron chi connectivity index (χ1n) is 8.61. The number of benzene rings is 2. The average molecular weight is 383 g/mol. The first-order valence-corrected chi connectivity index (χ1v) is 8.61. The lowest BCUT2D eigenvalue weighted by molar-refractivity contribution is -0.122. The standard InChI is InChI=1S/C19H25N7O2/c20-18(21)25-11-14-3-1-13(2-4-14)10-24-17(28)16(26-19(22)23)9-12-5-7-15(27)8-6-12/h1-8,16,27H,9-11H2,(H,24,28)(H4,20,21,25)(H4,22,23,26)/t16-/m0/s1. The number of hydrogen-bond acceptors (Lipinski definition) is 4. The highest BCUT2D eigenvalue weighted by Crippen LogP contribution is 2.13. The van der Waals surface area contributed by atoms with Crippen molar-refractivity contribution in [1.29, 1.82) is 0 Å². The molecule has 0 heterocycles. The summed E-state index contributed by atoms with van der Waals surface area (Å²) in [5.41, 5.74) is 24.2. The van der Waals surface area contributed by atoms with Crippen LogP contribution in [0.25, 0.3) is 0 Å². The zero-order valence-corrected chi connectivity index (χ0v) is 15.4. The molecule has 0 aromatic heterocycles. The topological polar surface area (TPSA) is 178 Å². The highest BCUT2D eigenvalue weighted by atomic mass is 16.3. The van der Waals surface area contributed by atoms with Gasteiger partial charge >= 0.3 is 0 Å². The Balaban J connectivity index is 1.98. The number of guanidine groups is 2. The van der Waals surface area contributed by atoms with Crippen molar-refractivity contribution in [2.45, 2.75) is 25.6 Å². The van der Waals surface area contributed by atoms with Crippen molar-refractivity contribution in [2.24, 2.45) is 32.9 Å². The summed E-state index contributed by atoms with van der Waals surface area (Å²) in [6.07, 6.45) is 0.307. The van der Waals surface area contributed by atoms with Crippen molar-refractivity contribution in [3.05, 3.63) is 65.2 Å². The second kappa shape index (κ2) is 9.81. The van der Waals surface area contributed by atoms with Gasteiger partial charge in [-0.2, -0.15) is 0 Å². The molecular weight excluding hydrogens is 358 g/mol. The maximum absolute atomic E-state index is 12.5. The molecule has 1 atom stereocenters. The number of aromatic hydroxyl groups is 1. The molecule has 0 saturated heterocycles. The summed E-state index contributed by atoms with van der Waals surface area (Å²) in [5, 5.41) is 12.2. The van der Waals surface area contributed by atoms with Gasteiger partial charge in [-0.05, 0) is 28.8 Å². The minimum Gasteiger partial charge on any atom is -0.508 e. The van der Waals surface area contributed by atoms with E-state index in [-0.39, 0.29) is 23.6 Å². The molecule has 2 aromatic rings. The van der Waals surface area contributed by atoms with Crippen LogP contribution in [0.15, 0.2) is 58.5 Å². The Kier molecular flexibility index (Phi) is 7.21. The maximum Gasteiger partial charge on any atom is 0.245 e. The van der Waals surface area contributed by atoms with Crippen molar-refractivity contribution in [2.75, 3.05) is 0 Å². The van der Waals surface area contributed by atoms with Crippen LogP contribution in [-0.4, -0.2) is 29.0 Å². The quantitative estimate of drug-likeness (QED) is 0.268. The van der Waals surface area contributed by atoms with E-state index in [1.807, 2.05) is 24.3 Å². The summed E-state index contributed by atoms with van der Waals surface area (Å²) < 4.78 is 0. The maximum atomic E-state index is 12.5. The number of phenols is 1. The molecule has 0 radical (unpaired) electrons. The van der Waals surface area contributed by atoms with E-state index in [4.69, 9.17) is 22.9 Å². The molecule has 9 heteroatoms. The van der Waals surface area contributed by atoms with E-state index >= 15 is 0 Å². The van der Waals surface area contributed by atoms with Gasteiger partial charge < -0.3 is 33.4 Å². The van der Waals surface area contributed by atoms with Crippen LogP contribution in [0, 0.1) is 0 Å². The van der Waals surface area contributed by atoms with Gasteiger partial charge in [0, 0.05) is 13.0 Å². The molecule has 0 saturated carbocycles. The summed E-state index contributed by atoms with van der Waals surface area (Å²) in [4.78, 5) is 20.5. The molecule has 0 unspecified atom stereocenters. The Bertz CT molecular complexity index is 838. The molecular formula is C19H25N7O2. The second-order valence-corrected chi connectivity index (χ2v) is 6.22. The Morgan fingerprint density at radius 3 is 2.04 bits per heavy atom. The van der Waals surface area contributed by atoms with Gasteiger partial charge in [0.15, 0.2) is 11.9 Å². The Morgan fingerprint density at radius 1 is 0.893 bits per heavy atom. The molecule has 10 N–H and O–H groups in total. The highest BCUT2D eigenvalue weighted by molar-refractivity contribution is 5.86. The van der Waals surface area contributed by atoms with Crippen LogP contribution in [-0.2, 0) is 24.3 Å². The monoisotopic (exact) mass is 383 g/mol. The first kappa shape index (κ1) is 20.6. The van der Waals surface area contributed by atoms with Crippen molar-refractivity contribution >= 4 is 17.8 Å². The van der Waals surface area contributed by atoms with Gasteiger partial charge in [-0.3, -0.25) is 4.79 Å². The fourth-order valence-electron chi connectivity index (χ4n) is 2.48. The Labute approximate surface area is 163 Å². The molecule has 148 valence electrons. The minimum absolute atomic E-state index is 0.0377. The van der Waals surface area contributed by atoms with Crippen LogP contribution in [0.5, 0.6) is 5.75 Å². The lowest BCUT2D eigenvalue weighted by atomic mass is 10.1. The molecule has 0 aliphatic rings. The van der Waals surface area contributed by atoms with Crippen LogP contribution in [0.3, 0.4) is 0 Å². The fraction of sp³-hybridized carbons (Fsp3) is 0.211. The third kappa shape index (κ3) is 6.87. The normalized spacial score (nSPS) is 11.3. The number of hydrogen-bond donors (Lipinski definition) is 6. The van der Waals surface area contributed by atoms with Crippen LogP contribution in [0.1, 0.15) is 16.7 Å². The van der Waals surface area contributed by atoms with Gasteiger partial charge in [-0.25, -0.2) is 9.98 Å². The summed E-state index contributed by atoms with van der Waals surface area (Å²) in [6.45, 7) is 0.724. The zero-order valence-electron chi connectivity index (χ0n) is 15.4. The number of amides is 1. The minimum atomic E-state index is -0.768. The number of phenolic OH excluding ortho intramolecular Hbond substituents is 1. The van der Waals surface area contributed by atoms with E-state index in [1.165, 1.54) is 0 Å². The van der Waals surface area contributed by atoms with Crippen molar-refractivity contribution < 1.29 is 9.90 Å². The van der Waals surface area contributed by atoms with Gasteiger partial charge in [-0.15, -0.1) is 0 Å². The lowest BCUT2D eigenvalue weighted by Crippen LogP contribution is -2.37. The van der Waals surface area contributed by atoms with Crippen LogP contribution in [0.2, 0.25) is 0 Å². The predicted octanol–water partition coefficient (Wildman–Crippen LogP) is -0.333. The smallest absolute Gasteiger partial charge is 0.245 e. The molecule has 9 nitrogen and oxygen atoms in total. The number of carbonyl (C=O) groups excluding carboxylic acids is 1. The van der Waals surface area contributed by atoms with E-state index in [1.54, 1.807) is 24.3 Å². The van der Waals surface area contributed by atoms with Crippen LogP contribution in [0.4, 0.5) is 0 Å². The second-order valence-electron chi connectivity index (χ2n) is 6.22. The molecule has 0 bridgehead atoms. The van der Waals surface area contributed by atoms with Gasteiger partial charge in [-0.1, -0.05) is 36.4 Å². The first-order chi connectivity index (χ1) is 13.3. The summed E-state index contributed by atoms with van der Waals surface area (Å²) in [6, 6.07) is 13.3. The van der Waals surface area contributed by atoms with Gasteiger partial charge in [0.25, 0.3) is 0 Å². The largest absolute Gasteiger partial charge is 0.508 e. The third-order valence-corrected chi connectivity index (χ3v) is 3.91. The molecule has 28 heavy (non-hydrogen) atoms. The summed E-state index contributed by atoms with van der Waals surface area (Å²) >= 11 is 0. The van der Waals surface area contributed by atoms with E-state index in [2.05, 4.69) is 15.3 Å². The highest BCUT2D eigenvalue weighted by Gasteiger charge is 2.18. The van der Waals surface area contributed by atoms with E-state index in [9.17, 15) is 9.90 Å².